The maximum absolute atomic E-state index is 12.4. The fourth-order valence-corrected chi connectivity index (χ4v) is 1.36. The van der Waals surface area contributed by atoms with Crippen LogP contribution in [-0.4, -0.2) is 3.34 Å². The van der Waals surface area contributed by atoms with Gasteiger partial charge in [-0.3, -0.25) is 0 Å². The van der Waals surface area contributed by atoms with E-state index in [1.54, 1.807) is 47.1 Å². The molecule has 0 atom stereocenters. The summed E-state index contributed by atoms with van der Waals surface area (Å²) in [6, 6.07) is 7.01. The van der Waals surface area contributed by atoms with Crippen LogP contribution in [0.5, 0.6) is 5.75 Å². The summed E-state index contributed by atoms with van der Waals surface area (Å²) in [4.78, 5) is 0. The van der Waals surface area contributed by atoms with E-state index in [9.17, 15) is 4.48 Å². The minimum Gasteiger partial charge on any atom is -0.385 e. The predicted molar refractivity (Wildman–Crippen MR) is 53.6 cm³/mol. The minimum atomic E-state index is 0.156. The topological polar surface area (TPSA) is 12.5 Å². The lowest BCUT2D eigenvalue weighted by Crippen LogP contribution is -1.99. The predicted octanol–water partition coefficient (Wildman–Crippen LogP) is 3.26. The second-order valence-corrected chi connectivity index (χ2v) is 3.35. The molecule has 0 saturated carbocycles. The smallest absolute Gasteiger partial charge is 0.150 e. The molecule has 2 nitrogen and oxygen atoms in total. The molecule has 0 fully saturated rings. The third-order valence-corrected chi connectivity index (χ3v) is 1.85. The standard InChI is InChI=1S/C7H6ClFINO/c8-12-7-4-2-1-3-6(7)5-11(9)10/h1-4H,5H2. The SMILES string of the molecule is FN(I)Cc1ccccc1OCl. The van der Waals surface area contributed by atoms with Crippen molar-refractivity contribution in [3.63, 3.8) is 0 Å². The number of hydrogen-bond acceptors (Lipinski definition) is 2. The molecule has 0 heterocycles. The molecular formula is C7H6ClFINO. The van der Waals surface area contributed by atoms with Gasteiger partial charge >= 0.3 is 0 Å². The van der Waals surface area contributed by atoms with Gasteiger partial charge in [0.25, 0.3) is 0 Å². The van der Waals surface area contributed by atoms with Gasteiger partial charge in [-0.15, -0.1) is 4.48 Å². The van der Waals surface area contributed by atoms with Crippen LogP contribution in [0.3, 0.4) is 0 Å². The van der Waals surface area contributed by atoms with Gasteiger partial charge in [-0.05, 0) is 6.07 Å². The molecular weight excluding hydrogens is 295 g/mol. The Labute approximate surface area is 88.9 Å². The van der Waals surface area contributed by atoms with Gasteiger partial charge in [-0.25, -0.2) is 0 Å². The third kappa shape index (κ3) is 2.76. The molecule has 0 N–H and O–H groups in total. The van der Waals surface area contributed by atoms with E-state index < -0.39 is 0 Å². The first kappa shape index (κ1) is 10.0. The van der Waals surface area contributed by atoms with Crippen LogP contribution >= 0.6 is 34.7 Å². The van der Waals surface area contributed by atoms with Crippen molar-refractivity contribution < 1.29 is 8.77 Å². The van der Waals surface area contributed by atoms with E-state index >= 15 is 0 Å². The average molecular weight is 301 g/mol. The molecule has 0 unspecified atom stereocenters. The molecule has 0 aromatic heterocycles. The molecule has 1 aromatic carbocycles. The monoisotopic (exact) mass is 301 g/mol. The van der Waals surface area contributed by atoms with Crippen molar-refractivity contribution in [2.75, 3.05) is 0 Å². The van der Waals surface area contributed by atoms with E-state index in [1.165, 1.54) is 0 Å². The Morgan fingerprint density at radius 3 is 2.75 bits per heavy atom. The summed E-state index contributed by atoms with van der Waals surface area (Å²) < 4.78 is 17.5. The van der Waals surface area contributed by atoms with Crippen molar-refractivity contribution in [2.24, 2.45) is 0 Å². The lowest BCUT2D eigenvalue weighted by molar-refractivity contribution is 0.179. The quantitative estimate of drug-likeness (QED) is 0.628. The van der Waals surface area contributed by atoms with Crippen LogP contribution in [0, 0.1) is 0 Å². The molecule has 0 saturated heterocycles. The van der Waals surface area contributed by atoms with Crippen molar-refractivity contribution in [3.8, 4) is 5.75 Å². The lowest BCUT2D eigenvalue weighted by atomic mass is 10.2. The number of benzene rings is 1. The number of halogens is 3. The first-order valence-corrected chi connectivity index (χ1v) is 4.47. The fraction of sp³-hybridized carbons (Fsp3) is 0.143. The van der Waals surface area contributed by atoms with Crippen molar-refractivity contribution in [1.29, 1.82) is 0 Å². The van der Waals surface area contributed by atoms with E-state index in [4.69, 9.17) is 11.9 Å². The zero-order chi connectivity index (χ0) is 8.97. The van der Waals surface area contributed by atoms with Crippen LogP contribution in [0.15, 0.2) is 24.3 Å². The molecule has 0 aliphatic heterocycles. The zero-order valence-electron chi connectivity index (χ0n) is 6.01. The van der Waals surface area contributed by atoms with Crippen LogP contribution in [0.4, 0.5) is 4.48 Å². The molecule has 66 valence electrons. The second kappa shape index (κ2) is 4.84. The molecule has 0 bridgehead atoms. The lowest BCUT2D eigenvalue weighted by Gasteiger charge is -2.06. The highest BCUT2D eigenvalue weighted by Crippen LogP contribution is 2.21. The number of nitrogens with zero attached hydrogens (tertiary/aromatic N) is 1. The van der Waals surface area contributed by atoms with Gasteiger partial charge in [-0.1, -0.05) is 21.5 Å². The van der Waals surface area contributed by atoms with Crippen molar-refractivity contribution in [3.05, 3.63) is 29.8 Å². The van der Waals surface area contributed by atoms with Crippen molar-refractivity contribution in [2.45, 2.75) is 6.54 Å². The molecule has 12 heavy (non-hydrogen) atoms. The number of hydrogen-bond donors (Lipinski definition) is 0. The van der Waals surface area contributed by atoms with Gasteiger partial charge < -0.3 is 4.29 Å². The summed E-state index contributed by atoms with van der Waals surface area (Å²) in [6.45, 7) is 0.156. The summed E-state index contributed by atoms with van der Waals surface area (Å²) in [7, 11) is 0. The highest BCUT2D eigenvalue weighted by atomic mass is 127. The normalized spacial score (nSPS) is 10.3. The van der Waals surface area contributed by atoms with Crippen LogP contribution < -0.4 is 4.29 Å². The van der Waals surface area contributed by atoms with Gasteiger partial charge in [0.05, 0.1) is 29.4 Å². The summed E-state index contributed by atoms with van der Waals surface area (Å²) >= 11 is 6.72. The third-order valence-electron chi connectivity index (χ3n) is 1.35. The maximum Gasteiger partial charge on any atom is 0.150 e. The second-order valence-electron chi connectivity index (χ2n) is 2.15. The Morgan fingerprint density at radius 2 is 2.17 bits per heavy atom. The average Bonchev–Trinajstić information content (AvgIpc) is 2.04. The molecule has 0 amide bonds. The molecule has 5 heteroatoms. The van der Waals surface area contributed by atoms with Gasteiger partial charge in [0.2, 0.25) is 0 Å². The summed E-state index contributed by atoms with van der Waals surface area (Å²) in [5.41, 5.74) is 0.712. The Kier molecular flexibility index (Phi) is 4.03. The van der Waals surface area contributed by atoms with Crippen molar-refractivity contribution >= 4 is 34.7 Å². The first-order valence-electron chi connectivity index (χ1n) is 3.19. The van der Waals surface area contributed by atoms with E-state index in [-0.39, 0.29) is 6.54 Å². The molecule has 0 aliphatic rings. The molecule has 0 radical (unpaired) electrons. The Bertz CT molecular complexity index is 259. The molecule has 1 aromatic rings. The van der Waals surface area contributed by atoms with E-state index in [0.29, 0.717) is 14.6 Å². The van der Waals surface area contributed by atoms with Crippen LogP contribution in [0.1, 0.15) is 5.56 Å². The van der Waals surface area contributed by atoms with Crippen LogP contribution in [0.2, 0.25) is 0 Å². The van der Waals surface area contributed by atoms with E-state index in [1.807, 2.05) is 0 Å². The van der Waals surface area contributed by atoms with Gasteiger partial charge in [0.1, 0.15) is 11.9 Å². The minimum absolute atomic E-state index is 0.156. The van der Waals surface area contributed by atoms with Gasteiger partial charge in [0.15, 0.2) is 5.75 Å². The largest absolute Gasteiger partial charge is 0.385 e. The highest BCUT2D eigenvalue weighted by molar-refractivity contribution is 14.1. The Hall–Kier alpha value is -0.0700. The molecule has 0 spiro atoms. The van der Waals surface area contributed by atoms with Gasteiger partial charge in [-0.2, -0.15) is 0 Å². The number of rotatable bonds is 3. The zero-order valence-corrected chi connectivity index (χ0v) is 8.92. The van der Waals surface area contributed by atoms with Crippen LogP contribution in [-0.2, 0) is 6.54 Å². The van der Waals surface area contributed by atoms with E-state index in [0.717, 1.165) is 0 Å². The molecule has 0 aliphatic carbocycles. The summed E-state index contributed by atoms with van der Waals surface area (Å²) in [5.74, 6) is 0.485. The highest BCUT2D eigenvalue weighted by Gasteiger charge is 2.05. The summed E-state index contributed by atoms with van der Waals surface area (Å²) in [5, 5.41) is 0. The first-order chi connectivity index (χ1) is 5.74. The fourth-order valence-electron chi connectivity index (χ4n) is 0.838. The summed E-state index contributed by atoms with van der Waals surface area (Å²) in [6.07, 6.45) is 0. The van der Waals surface area contributed by atoms with E-state index in [2.05, 4.69) is 4.29 Å². The van der Waals surface area contributed by atoms with Crippen LogP contribution in [0.25, 0.3) is 0 Å². The van der Waals surface area contributed by atoms with Crippen molar-refractivity contribution in [1.82, 2.24) is 3.34 Å². The Balaban J connectivity index is 2.82. The maximum atomic E-state index is 12.4. The molecule has 1 rings (SSSR count). The Morgan fingerprint density at radius 1 is 1.50 bits per heavy atom. The number of para-hydroxylation sites is 1. The van der Waals surface area contributed by atoms with Gasteiger partial charge in [0, 0.05) is 5.56 Å².